The van der Waals surface area contributed by atoms with Crippen molar-refractivity contribution in [3.63, 3.8) is 0 Å². The zero-order valence-electron chi connectivity index (χ0n) is 10.4. The minimum absolute atomic E-state index is 0.166. The molecule has 3 nitrogen and oxygen atoms in total. The highest BCUT2D eigenvalue weighted by Gasteiger charge is 2.30. The van der Waals surface area contributed by atoms with Gasteiger partial charge < -0.3 is 0 Å². The quantitative estimate of drug-likeness (QED) is 0.803. The van der Waals surface area contributed by atoms with Gasteiger partial charge in [0, 0.05) is 11.1 Å². The fourth-order valence-corrected chi connectivity index (χ4v) is 1.13. The zero-order chi connectivity index (χ0) is 14.0. The second-order valence-corrected chi connectivity index (χ2v) is 4.90. The summed E-state index contributed by atoms with van der Waals surface area (Å²) in [4.78, 5) is 11.6. The van der Waals surface area contributed by atoms with E-state index in [0.717, 1.165) is 24.3 Å². The molecule has 0 spiro atoms. The Bertz CT molecular complexity index is 418. The first-order valence-electron chi connectivity index (χ1n) is 5.34. The topological polar surface area (TPSA) is 41.1 Å². The van der Waals surface area contributed by atoms with Gasteiger partial charge in [-0.2, -0.15) is 13.2 Å². The van der Waals surface area contributed by atoms with Crippen LogP contribution < -0.4 is 10.9 Å². The number of hydrazine groups is 1. The minimum atomic E-state index is -4.39. The second kappa shape index (κ2) is 4.97. The molecule has 1 aromatic rings. The van der Waals surface area contributed by atoms with Crippen LogP contribution in [0.15, 0.2) is 24.3 Å². The van der Waals surface area contributed by atoms with Gasteiger partial charge in [-0.1, -0.05) is 0 Å². The van der Waals surface area contributed by atoms with Crippen LogP contribution in [-0.2, 0) is 6.18 Å². The number of hydrogen-bond donors (Lipinski definition) is 2. The van der Waals surface area contributed by atoms with E-state index in [9.17, 15) is 18.0 Å². The van der Waals surface area contributed by atoms with Crippen LogP contribution >= 0.6 is 0 Å². The standard InChI is InChI=1S/C12H15F3N2O/c1-11(2,3)17-16-10(18)8-4-6-9(7-5-8)12(13,14)15/h4-7,17H,1-3H3,(H,16,18). The highest BCUT2D eigenvalue weighted by molar-refractivity contribution is 5.93. The van der Waals surface area contributed by atoms with Crippen molar-refractivity contribution < 1.29 is 18.0 Å². The summed E-state index contributed by atoms with van der Waals surface area (Å²) in [5, 5.41) is 0. The van der Waals surface area contributed by atoms with Crippen LogP contribution in [0, 0.1) is 0 Å². The maximum atomic E-state index is 12.3. The average molecular weight is 260 g/mol. The number of benzene rings is 1. The second-order valence-electron chi connectivity index (χ2n) is 4.90. The maximum absolute atomic E-state index is 12.3. The van der Waals surface area contributed by atoms with Crippen molar-refractivity contribution >= 4 is 5.91 Å². The number of hydrogen-bond acceptors (Lipinski definition) is 2. The van der Waals surface area contributed by atoms with Gasteiger partial charge in [0.25, 0.3) is 5.91 Å². The first-order chi connectivity index (χ1) is 8.09. The van der Waals surface area contributed by atoms with Gasteiger partial charge in [0.2, 0.25) is 0 Å². The third-order valence-corrected chi connectivity index (χ3v) is 2.03. The van der Waals surface area contributed by atoms with Gasteiger partial charge in [0.1, 0.15) is 0 Å². The molecule has 0 aliphatic rings. The van der Waals surface area contributed by atoms with E-state index in [-0.39, 0.29) is 11.1 Å². The van der Waals surface area contributed by atoms with Crippen LogP contribution in [0.25, 0.3) is 0 Å². The lowest BCUT2D eigenvalue weighted by molar-refractivity contribution is -0.137. The summed E-state index contributed by atoms with van der Waals surface area (Å²) in [5.74, 6) is -0.473. The van der Waals surface area contributed by atoms with Crippen molar-refractivity contribution in [1.82, 2.24) is 10.9 Å². The molecule has 0 radical (unpaired) electrons. The van der Waals surface area contributed by atoms with E-state index >= 15 is 0 Å². The van der Waals surface area contributed by atoms with Crippen LogP contribution in [0.3, 0.4) is 0 Å². The molecule has 0 saturated heterocycles. The lowest BCUT2D eigenvalue weighted by atomic mass is 10.1. The Balaban J connectivity index is 2.71. The van der Waals surface area contributed by atoms with Crippen LogP contribution in [0.1, 0.15) is 36.7 Å². The third kappa shape index (κ3) is 4.37. The molecule has 1 aromatic carbocycles. The predicted octanol–water partition coefficient (Wildman–Crippen LogP) is 2.74. The molecule has 100 valence electrons. The Morgan fingerprint density at radius 1 is 1.06 bits per heavy atom. The first kappa shape index (κ1) is 14.5. The molecule has 0 saturated carbocycles. The van der Waals surface area contributed by atoms with Crippen LogP contribution in [-0.4, -0.2) is 11.4 Å². The number of rotatable bonds is 2. The smallest absolute Gasteiger partial charge is 0.287 e. The summed E-state index contributed by atoms with van der Waals surface area (Å²) in [5.41, 5.74) is 4.24. The molecule has 0 fully saturated rings. The Morgan fingerprint density at radius 3 is 1.94 bits per heavy atom. The molecule has 0 aromatic heterocycles. The van der Waals surface area contributed by atoms with E-state index in [1.165, 1.54) is 0 Å². The van der Waals surface area contributed by atoms with Gasteiger partial charge in [0.05, 0.1) is 5.56 Å². The molecule has 0 atom stereocenters. The van der Waals surface area contributed by atoms with Gasteiger partial charge in [-0.3, -0.25) is 10.2 Å². The van der Waals surface area contributed by atoms with Gasteiger partial charge in [-0.25, -0.2) is 5.43 Å². The Hall–Kier alpha value is -1.56. The summed E-state index contributed by atoms with van der Waals surface area (Å²) in [6.07, 6.45) is -4.39. The number of amides is 1. The average Bonchev–Trinajstić information content (AvgIpc) is 2.24. The summed E-state index contributed by atoms with van der Waals surface area (Å²) >= 11 is 0. The molecule has 1 amide bonds. The summed E-state index contributed by atoms with van der Waals surface area (Å²) in [6.45, 7) is 5.54. The van der Waals surface area contributed by atoms with Gasteiger partial charge >= 0.3 is 6.18 Å². The lowest BCUT2D eigenvalue weighted by Gasteiger charge is -2.21. The van der Waals surface area contributed by atoms with E-state index in [2.05, 4.69) is 10.9 Å². The summed E-state index contributed by atoms with van der Waals surface area (Å²) in [7, 11) is 0. The fourth-order valence-electron chi connectivity index (χ4n) is 1.13. The molecular weight excluding hydrogens is 245 g/mol. The monoisotopic (exact) mass is 260 g/mol. The van der Waals surface area contributed by atoms with E-state index in [4.69, 9.17) is 0 Å². The van der Waals surface area contributed by atoms with E-state index < -0.39 is 17.6 Å². The Kier molecular flexibility index (Phi) is 4.01. The molecule has 0 aliphatic carbocycles. The van der Waals surface area contributed by atoms with Gasteiger partial charge in [-0.05, 0) is 45.0 Å². The Labute approximate surface area is 103 Å². The highest BCUT2D eigenvalue weighted by Crippen LogP contribution is 2.28. The molecule has 6 heteroatoms. The molecule has 2 N–H and O–H groups in total. The number of nitrogens with one attached hydrogen (secondary N) is 2. The number of carbonyl (C=O) groups is 1. The highest BCUT2D eigenvalue weighted by atomic mass is 19.4. The van der Waals surface area contributed by atoms with Crippen LogP contribution in [0.2, 0.25) is 0 Å². The Morgan fingerprint density at radius 2 is 1.56 bits per heavy atom. The van der Waals surface area contributed by atoms with E-state index in [0.29, 0.717) is 0 Å². The SMILES string of the molecule is CC(C)(C)NNC(=O)c1ccc(C(F)(F)F)cc1. The predicted molar refractivity (Wildman–Crippen MR) is 61.8 cm³/mol. The molecule has 0 heterocycles. The fraction of sp³-hybridized carbons (Fsp3) is 0.417. The van der Waals surface area contributed by atoms with Crippen LogP contribution in [0.5, 0.6) is 0 Å². The van der Waals surface area contributed by atoms with Crippen molar-refractivity contribution in [1.29, 1.82) is 0 Å². The van der Waals surface area contributed by atoms with Crippen molar-refractivity contribution in [2.24, 2.45) is 0 Å². The maximum Gasteiger partial charge on any atom is 0.416 e. The molecule has 0 aliphatic heterocycles. The molecule has 18 heavy (non-hydrogen) atoms. The normalized spacial score (nSPS) is 12.3. The lowest BCUT2D eigenvalue weighted by Crippen LogP contribution is -2.48. The molecule has 0 bridgehead atoms. The van der Waals surface area contributed by atoms with Crippen molar-refractivity contribution in [3.8, 4) is 0 Å². The summed E-state index contributed by atoms with van der Waals surface area (Å²) < 4.78 is 36.9. The largest absolute Gasteiger partial charge is 0.416 e. The molecule has 0 unspecified atom stereocenters. The molecule has 1 rings (SSSR count). The summed E-state index contributed by atoms with van der Waals surface area (Å²) in [6, 6.07) is 4.04. The van der Waals surface area contributed by atoms with Crippen molar-refractivity contribution in [3.05, 3.63) is 35.4 Å². The number of alkyl halides is 3. The minimum Gasteiger partial charge on any atom is -0.287 e. The zero-order valence-corrected chi connectivity index (χ0v) is 10.4. The van der Waals surface area contributed by atoms with E-state index in [1.807, 2.05) is 20.8 Å². The van der Waals surface area contributed by atoms with Gasteiger partial charge in [0.15, 0.2) is 0 Å². The first-order valence-corrected chi connectivity index (χ1v) is 5.34. The number of carbonyl (C=O) groups excluding carboxylic acids is 1. The van der Waals surface area contributed by atoms with Crippen LogP contribution in [0.4, 0.5) is 13.2 Å². The van der Waals surface area contributed by atoms with Crippen molar-refractivity contribution in [2.75, 3.05) is 0 Å². The van der Waals surface area contributed by atoms with E-state index in [1.54, 1.807) is 0 Å². The van der Waals surface area contributed by atoms with Gasteiger partial charge in [-0.15, -0.1) is 0 Å². The molecular formula is C12H15F3N2O. The van der Waals surface area contributed by atoms with Crippen molar-refractivity contribution in [2.45, 2.75) is 32.5 Å². The number of halogens is 3. The third-order valence-electron chi connectivity index (χ3n) is 2.03.